The zero-order valence-electron chi connectivity index (χ0n) is 10.8. The Labute approximate surface area is 113 Å². The minimum absolute atomic E-state index is 0.113. The number of rotatable bonds is 3. The summed E-state index contributed by atoms with van der Waals surface area (Å²) >= 11 is 6.12. The quantitative estimate of drug-likeness (QED) is 0.772. The summed E-state index contributed by atoms with van der Waals surface area (Å²) in [5.74, 6) is 0.258. The SMILES string of the molecule is CC(Cl)CC1CCCCCN1c1ncccc1F. The van der Waals surface area contributed by atoms with Crippen LogP contribution in [0.25, 0.3) is 0 Å². The molecule has 2 atom stereocenters. The summed E-state index contributed by atoms with van der Waals surface area (Å²) in [5.41, 5.74) is 0. The lowest BCUT2D eigenvalue weighted by Crippen LogP contribution is -2.37. The van der Waals surface area contributed by atoms with Gasteiger partial charge in [0.15, 0.2) is 11.6 Å². The van der Waals surface area contributed by atoms with Gasteiger partial charge in [-0.3, -0.25) is 0 Å². The number of nitrogens with zero attached hydrogens (tertiary/aromatic N) is 2. The van der Waals surface area contributed by atoms with Gasteiger partial charge in [0, 0.05) is 24.2 Å². The minimum Gasteiger partial charge on any atom is -0.351 e. The summed E-state index contributed by atoms with van der Waals surface area (Å²) in [6, 6.07) is 3.42. The molecule has 1 aliphatic rings. The topological polar surface area (TPSA) is 16.1 Å². The van der Waals surface area contributed by atoms with Crippen molar-refractivity contribution < 1.29 is 4.39 Å². The zero-order valence-corrected chi connectivity index (χ0v) is 11.5. The molecule has 0 aliphatic carbocycles. The number of anilines is 1. The van der Waals surface area contributed by atoms with E-state index in [1.165, 1.54) is 18.9 Å². The molecule has 0 spiro atoms. The predicted molar refractivity (Wildman–Crippen MR) is 73.7 cm³/mol. The third-order valence-electron chi connectivity index (χ3n) is 3.49. The molecule has 18 heavy (non-hydrogen) atoms. The second kappa shape index (κ2) is 6.37. The van der Waals surface area contributed by atoms with E-state index in [1.54, 1.807) is 12.3 Å². The molecule has 100 valence electrons. The molecule has 4 heteroatoms. The maximum absolute atomic E-state index is 13.9. The Bertz CT molecular complexity index is 384. The van der Waals surface area contributed by atoms with Crippen molar-refractivity contribution in [1.82, 2.24) is 4.98 Å². The number of pyridine rings is 1. The summed E-state index contributed by atoms with van der Waals surface area (Å²) in [7, 11) is 0. The van der Waals surface area contributed by atoms with Gasteiger partial charge in [-0.1, -0.05) is 12.8 Å². The summed E-state index contributed by atoms with van der Waals surface area (Å²) in [5, 5.41) is 0.113. The molecule has 2 heterocycles. The Morgan fingerprint density at radius 1 is 1.50 bits per heavy atom. The highest BCUT2D eigenvalue weighted by atomic mass is 35.5. The molecule has 0 aromatic carbocycles. The molecular formula is C14H20ClFN2. The average Bonchev–Trinajstić information content (AvgIpc) is 2.55. The zero-order chi connectivity index (χ0) is 13.0. The van der Waals surface area contributed by atoms with E-state index in [0.717, 1.165) is 25.8 Å². The lowest BCUT2D eigenvalue weighted by molar-refractivity contribution is 0.513. The van der Waals surface area contributed by atoms with Gasteiger partial charge in [-0.2, -0.15) is 0 Å². The van der Waals surface area contributed by atoms with Crippen molar-refractivity contribution in [1.29, 1.82) is 0 Å². The Morgan fingerprint density at radius 3 is 3.06 bits per heavy atom. The van der Waals surface area contributed by atoms with Crippen molar-refractivity contribution in [2.75, 3.05) is 11.4 Å². The number of alkyl halides is 1. The van der Waals surface area contributed by atoms with E-state index in [4.69, 9.17) is 11.6 Å². The molecule has 1 fully saturated rings. The van der Waals surface area contributed by atoms with Crippen molar-refractivity contribution in [3.63, 3.8) is 0 Å². The molecule has 0 amide bonds. The van der Waals surface area contributed by atoms with Crippen LogP contribution in [0.2, 0.25) is 0 Å². The number of hydrogen-bond donors (Lipinski definition) is 0. The molecule has 0 saturated carbocycles. The molecule has 2 unspecified atom stereocenters. The largest absolute Gasteiger partial charge is 0.351 e. The second-order valence-electron chi connectivity index (χ2n) is 5.02. The van der Waals surface area contributed by atoms with Crippen LogP contribution in [0.5, 0.6) is 0 Å². The van der Waals surface area contributed by atoms with Gasteiger partial charge < -0.3 is 4.90 Å². The first-order valence-corrected chi connectivity index (χ1v) is 7.13. The highest BCUT2D eigenvalue weighted by Crippen LogP contribution is 2.27. The fourth-order valence-corrected chi connectivity index (χ4v) is 2.87. The van der Waals surface area contributed by atoms with Crippen molar-refractivity contribution in [2.45, 2.75) is 50.4 Å². The van der Waals surface area contributed by atoms with Crippen LogP contribution in [0, 0.1) is 5.82 Å². The van der Waals surface area contributed by atoms with Gasteiger partial charge in [0.25, 0.3) is 0 Å². The van der Waals surface area contributed by atoms with Gasteiger partial charge in [-0.15, -0.1) is 11.6 Å². The maximum atomic E-state index is 13.9. The molecule has 0 N–H and O–H groups in total. The summed E-state index contributed by atoms with van der Waals surface area (Å²) < 4.78 is 13.9. The summed E-state index contributed by atoms with van der Waals surface area (Å²) in [4.78, 5) is 6.32. The van der Waals surface area contributed by atoms with Crippen LogP contribution in [-0.4, -0.2) is 22.9 Å². The Hall–Kier alpha value is -0.830. The van der Waals surface area contributed by atoms with E-state index in [9.17, 15) is 4.39 Å². The maximum Gasteiger partial charge on any atom is 0.165 e. The van der Waals surface area contributed by atoms with Gasteiger partial charge in [0.05, 0.1) is 0 Å². The Balaban J connectivity index is 2.22. The van der Waals surface area contributed by atoms with Gasteiger partial charge >= 0.3 is 0 Å². The van der Waals surface area contributed by atoms with E-state index < -0.39 is 0 Å². The molecule has 1 aromatic rings. The first-order valence-electron chi connectivity index (χ1n) is 6.69. The second-order valence-corrected chi connectivity index (χ2v) is 5.77. The number of halogens is 2. The summed E-state index contributed by atoms with van der Waals surface area (Å²) in [6.45, 7) is 2.88. The lowest BCUT2D eigenvalue weighted by atomic mass is 10.0. The smallest absolute Gasteiger partial charge is 0.165 e. The summed E-state index contributed by atoms with van der Waals surface area (Å²) in [6.07, 6.45) is 7.12. The molecule has 0 bridgehead atoms. The molecule has 1 saturated heterocycles. The number of aromatic nitrogens is 1. The molecule has 1 aromatic heterocycles. The van der Waals surface area contributed by atoms with Gasteiger partial charge in [-0.25, -0.2) is 9.37 Å². The molecule has 2 rings (SSSR count). The van der Waals surface area contributed by atoms with Crippen LogP contribution in [0.15, 0.2) is 18.3 Å². The standard InChI is InChI=1S/C14H20ClFN2/c1-11(15)10-12-6-3-2-4-9-18(12)14-13(16)7-5-8-17-14/h5,7-8,11-12H,2-4,6,9-10H2,1H3. The Morgan fingerprint density at radius 2 is 2.33 bits per heavy atom. The van der Waals surface area contributed by atoms with Crippen molar-refractivity contribution in [3.8, 4) is 0 Å². The molecule has 1 aliphatic heterocycles. The van der Waals surface area contributed by atoms with Crippen LogP contribution >= 0.6 is 11.6 Å². The number of hydrogen-bond acceptors (Lipinski definition) is 2. The highest BCUT2D eigenvalue weighted by Gasteiger charge is 2.25. The average molecular weight is 271 g/mol. The van der Waals surface area contributed by atoms with Crippen molar-refractivity contribution in [3.05, 3.63) is 24.1 Å². The van der Waals surface area contributed by atoms with Gasteiger partial charge in [0.2, 0.25) is 0 Å². The van der Waals surface area contributed by atoms with Gasteiger partial charge in [0.1, 0.15) is 0 Å². The fraction of sp³-hybridized carbons (Fsp3) is 0.643. The van der Waals surface area contributed by atoms with Crippen molar-refractivity contribution >= 4 is 17.4 Å². The molecule has 2 nitrogen and oxygen atoms in total. The van der Waals surface area contributed by atoms with E-state index >= 15 is 0 Å². The predicted octanol–water partition coefficient (Wildman–Crippen LogP) is 3.99. The van der Waals surface area contributed by atoms with E-state index in [-0.39, 0.29) is 11.2 Å². The van der Waals surface area contributed by atoms with Gasteiger partial charge in [-0.05, 0) is 38.3 Å². The molecule has 0 radical (unpaired) electrons. The van der Waals surface area contributed by atoms with Crippen LogP contribution < -0.4 is 4.90 Å². The normalized spacial score (nSPS) is 22.6. The van der Waals surface area contributed by atoms with Crippen LogP contribution in [0.3, 0.4) is 0 Å². The Kier molecular flexibility index (Phi) is 4.81. The van der Waals surface area contributed by atoms with Crippen LogP contribution in [0.1, 0.15) is 39.0 Å². The van der Waals surface area contributed by atoms with Crippen molar-refractivity contribution in [2.24, 2.45) is 0 Å². The fourth-order valence-electron chi connectivity index (χ4n) is 2.66. The first-order chi connectivity index (χ1) is 8.68. The third kappa shape index (κ3) is 3.35. The monoisotopic (exact) mass is 270 g/mol. The lowest BCUT2D eigenvalue weighted by Gasteiger charge is -2.32. The highest BCUT2D eigenvalue weighted by molar-refractivity contribution is 6.20. The third-order valence-corrected chi connectivity index (χ3v) is 3.66. The minimum atomic E-state index is -0.230. The van der Waals surface area contributed by atoms with Crippen LogP contribution in [0.4, 0.5) is 10.2 Å². The van der Waals surface area contributed by atoms with E-state index in [1.807, 2.05) is 6.92 Å². The molecular weight excluding hydrogens is 251 g/mol. The first kappa shape index (κ1) is 13.6. The van der Waals surface area contributed by atoms with Crippen LogP contribution in [-0.2, 0) is 0 Å². The van der Waals surface area contributed by atoms with E-state index in [0.29, 0.717) is 11.9 Å². The van der Waals surface area contributed by atoms with E-state index in [2.05, 4.69) is 9.88 Å².